The summed E-state index contributed by atoms with van der Waals surface area (Å²) in [5.74, 6) is 1.14. The van der Waals surface area contributed by atoms with Gasteiger partial charge in [0.25, 0.3) is 0 Å². The summed E-state index contributed by atoms with van der Waals surface area (Å²) in [6.07, 6.45) is 0.594. The predicted molar refractivity (Wildman–Crippen MR) is 84.4 cm³/mol. The van der Waals surface area contributed by atoms with E-state index in [2.05, 4.69) is 15.9 Å². The second-order valence-corrected chi connectivity index (χ2v) is 7.57. The van der Waals surface area contributed by atoms with Crippen molar-refractivity contribution in [2.24, 2.45) is 0 Å². The number of aliphatic hydroxyl groups is 1. The van der Waals surface area contributed by atoms with Gasteiger partial charge in [0.1, 0.15) is 11.5 Å². The Labute approximate surface area is 132 Å². The van der Waals surface area contributed by atoms with E-state index in [9.17, 15) is 13.5 Å². The molecule has 0 aliphatic heterocycles. The van der Waals surface area contributed by atoms with E-state index in [1.54, 1.807) is 37.3 Å². The third-order valence-corrected chi connectivity index (χ3v) is 4.72. The van der Waals surface area contributed by atoms with E-state index in [1.807, 2.05) is 0 Å². The van der Waals surface area contributed by atoms with Crippen molar-refractivity contribution in [1.82, 2.24) is 0 Å². The lowest BCUT2D eigenvalue weighted by molar-refractivity contribution is 0.198. The molecule has 0 saturated carbocycles. The molecule has 2 rings (SSSR count). The Kier molecular flexibility index (Phi) is 4.70. The van der Waals surface area contributed by atoms with Crippen molar-refractivity contribution in [2.45, 2.75) is 17.9 Å². The lowest BCUT2D eigenvalue weighted by Crippen LogP contribution is -1.96. The highest BCUT2D eigenvalue weighted by molar-refractivity contribution is 9.10. The first kappa shape index (κ1) is 16.0. The normalized spacial score (nSPS) is 13.0. The number of rotatable bonds is 4. The molecule has 2 aromatic carbocycles. The van der Waals surface area contributed by atoms with Crippen LogP contribution in [-0.4, -0.2) is 19.8 Å². The van der Waals surface area contributed by atoms with E-state index in [1.165, 1.54) is 12.1 Å². The summed E-state index contributed by atoms with van der Waals surface area (Å²) in [6, 6.07) is 11.5. The summed E-state index contributed by atoms with van der Waals surface area (Å²) in [5, 5.41) is 9.56. The average molecular weight is 371 g/mol. The van der Waals surface area contributed by atoms with Gasteiger partial charge in [0.2, 0.25) is 0 Å². The SMILES string of the molecule is C[C@H](O)c1ccc(Oc2ccc(S(C)(=O)=O)cc2)cc1Br. The average Bonchev–Trinajstić information content (AvgIpc) is 2.38. The van der Waals surface area contributed by atoms with Crippen LogP contribution in [0.4, 0.5) is 0 Å². The van der Waals surface area contributed by atoms with Gasteiger partial charge in [-0.05, 0) is 48.9 Å². The van der Waals surface area contributed by atoms with Gasteiger partial charge in [-0.1, -0.05) is 22.0 Å². The van der Waals surface area contributed by atoms with Gasteiger partial charge in [0.05, 0.1) is 11.0 Å². The van der Waals surface area contributed by atoms with Gasteiger partial charge in [-0.3, -0.25) is 0 Å². The lowest BCUT2D eigenvalue weighted by atomic mass is 10.1. The highest BCUT2D eigenvalue weighted by Crippen LogP contribution is 2.30. The van der Waals surface area contributed by atoms with Crippen LogP contribution in [0, 0.1) is 0 Å². The van der Waals surface area contributed by atoms with Crippen LogP contribution in [0.15, 0.2) is 51.8 Å². The van der Waals surface area contributed by atoms with Crippen LogP contribution in [0.25, 0.3) is 0 Å². The first-order valence-corrected chi connectivity index (χ1v) is 8.91. The summed E-state index contributed by atoms with van der Waals surface area (Å²) in [4.78, 5) is 0.250. The number of halogens is 1. The largest absolute Gasteiger partial charge is 0.457 e. The molecule has 6 heteroatoms. The molecule has 0 spiro atoms. The van der Waals surface area contributed by atoms with E-state index in [-0.39, 0.29) is 4.90 Å². The fraction of sp³-hybridized carbons (Fsp3) is 0.200. The molecule has 2 aromatic rings. The Morgan fingerprint density at radius 3 is 2.14 bits per heavy atom. The van der Waals surface area contributed by atoms with E-state index in [0.29, 0.717) is 11.5 Å². The number of ether oxygens (including phenoxy) is 1. The van der Waals surface area contributed by atoms with Gasteiger partial charge in [-0.15, -0.1) is 0 Å². The summed E-state index contributed by atoms with van der Waals surface area (Å²) >= 11 is 3.38. The van der Waals surface area contributed by atoms with Gasteiger partial charge in [-0.25, -0.2) is 8.42 Å². The number of hydrogen-bond acceptors (Lipinski definition) is 4. The minimum absolute atomic E-state index is 0.250. The van der Waals surface area contributed by atoms with Crippen molar-refractivity contribution in [3.05, 3.63) is 52.5 Å². The molecule has 1 N–H and O–H groups in total. The summed E-state index contributed by atoms with van der Waals surface area (Å²) < 4.78 is 29.2. The van der Waals surface area contributed by atoms with Gasteiger partial charge in [0, 0.05) is 10.7 Å². The molecule has 4 nitrogen and oxygen atoms in total. The Hall–Kier alpha value is -1.37. The molecule has 0 bridgehead atoms. The van der Waals surface area contributed by atoms with Crippen molar-refractivity contribution in [3.8, 4) is 11.5 Å². The molecule has 112 valence electrons. The third-order valence-electron chi connectivity index (χ3n) is 2.91. The van der Waals surface area contributed by atoms with Crippen molar-refractivity contribution < 1.29 is 18.3 Å². The number of hydrogen-bond donors (Lipinski definition) is 1. The van der Waals surface area contributed by atoms with E-state index in [4.69, 9.17) is 4.74 Å². The smallest absolute Gasteiger partial charge is 0.175 e. The van der Waals surface area contributed by atoms with Crippen molar-refractivity contribution >= 4 is 25.8 Å². The predicted octanol–water partition coefficient (Wildman–Crippen LogP) is 3.70. The molecular formula is C15H15BrO4S. The summed E-state index contributed by atoms with van der Waals surface area (Å²) in [6.45, 7) is 1.69. The quantitative estimate of drug-likeness (QED) is 0.890. The minimum Gasteiger partial charge on any atom is -0.457 e. The van der Waals surface area contributed by atoms with Crippen molar-refractivity contribution in [1.29, 1.82) is 0 Å². The van der Waals surface area contributed by atoms with Gasteiger partial charge >= 0.3 is 0 Å². The fourth-order valence-electron chi connectivity index (χ4n) is 1.80. The zero-order valence-corrected chi connectivity index (χ0v) is 14.0. The first-order chi connectivity index (χ1) is 9.77. The molecule has 0 fully saturated rings. The van der Waals surface area contributed by atoms with E-state index < -0.39 is 15.9 Å². The molecule has 0 aliphatic carbocycles. The molecule has 0 amide bonds. The topological polar surface area (TPSA) is 63.6 Å². The van der Waals surface area contributed by atoms with Crippen LogP contribution in [-0.2, 0) is 9.84 Å². The lowest BCUT2D eigenvalue weighted by Gasteiger charge is -2.11. The van der Waals surface area contributed by atoms with Gasteiger partial charge in [0.15, 0.2) is 9.84 Å². The molecule has 0 saturated heterocycles. The minimum atomic E-state index is -3.21. The standard InChI is InChI=1S/C15H15BrO4S/c1-10(17)14-8-5-12(9-15(14)16)20-11-3-6-13(7-4-11)21(2,18)19/h3-10,17H,1-2H3/t10-/m0/s1. The van der Waals surface area contributed by atoms with Crippen LogP contribution in [0.5, 0.6) is 11.5 Å². The maximum Gasteiger partial charge on any atom is 0.175 e. The fourth-order valence-corrected chi connectivity index (χ4v) is 3.12. The molecule has 0 radical (unpaired) electrons. The Morgan fingerprint density at radius 1 is 1.10 bits per heavy atom. The molecule has 1 atom stereocenters. The summed E-state index contributed by atoms with van der Waals surface area (Å²) in [7, 11) is -3.21. The van der Waals surface area contributed by atoms with Gasteiger partial charge < -0.3 is 9.84 Å². The molecular weight excluding hydrogens is 356 g/mol. The highest BCUT2D eigenvalue weighted by atomic mass is 79.9. The van der Waals surface area contributed by atoms with Crippen LogP contribution in [0.2, 0.25) is 0 Å². The first-order valence-electron chi connectivity index (χ1n) is 6.23. The Balaban J connectivity index is 2.21. The van der Waals surface area contributed by atoms with Crippen molar-refractivity contribution in [3.63, 3.8) is 0 Å². The van der Waals surface area contributed by atoms with Crippen LogP contribution < -0.4 is 4.74 Å². The zero-order valence-electron chi connectivity index (χ0n) is 11.6. The maximum absolute atomic E-state index is 11.4. The van der Waals surface area contributed by atoms with E-state index in [0.717, 1.165) is 16.3 Å². The highest BCUT2D eigenvalue weighted by Gasteiger charge is 2.09. The molecule has 0 aromatic heterocycles. The monoisotopic (exact) mass is 370 g/mol. The zero-order chi connectivity index (χ0) is 15.6. The molecule has 0 aliphatic rings. The number of sulfone groups is 1. The maximum atomic E-state index is 11.4. The van der Waals surface area contributed by atoms with Gasteiger partial charge in [-0.2, -0.15) is 0 Å². The Morgan fingerprint density at radius 2 is 1.67 bits per heavy atom. The second-order valence-electron chi connectivity index (χ2n) is 4.70. The molecule has 0 unspecified atom stereocenters. The Bertz CT molecular complexity index is 737. The van der Waals surface area contributed by atoms with Crippen LogP contribution in [0.1, 0.15) is 18.6 Å². The number of benzene rings is 2. The molecule has 0 heterocycles. The third kappa shape index (κ3) is 4.06. The van der Waals surface area contributed by atoms with Crippen LogP contribution >= 0.6 is 15.9 Å². The van der Waals surface area contributed by atoms with E-state index >= 15 is 0 Å². The number of aliphatic hydroxyl groups excluding tert-OH is 1. The van der Waals surface area contributed by atoms with Crippen molar-refractivity contribution in [2.75, 3.05) is 6.26 Å². The summed E-state index contributed by atoms with van der Waals surface area (Å²) in [5.41, 5.74) is 0.773. The second kappa shape index (κ2) is 6.17. The van der Waals surface area contributed by atoms with Crippen LogP contribution in [0.3, 0.4) is 0 Å². The molecule has 21 heavy (non-hydrogen) atoms.